The lowest BCUT2D eigenvalue weighted by molar-refractivity contribution is -0.0436. The van der Waals surface area contributed by atoms with Crippen LogP contribution in [0.25, 0.3) is 21.9 Å². The first-order chi connectivity index (χ1) is 16.9. The van der Waals surface area contributed by atoms with Crippen LogP contribution in [-0.4, -0.2) is 24.9 Å². The molecule has 0 aliphatic rings. The summed E-state index contributed by atoms with van der Waals surface area (Å²) in [4.78, 5) is 12.0. The number of nitrogens with zero attached hydrogens (tertiary/aromatic N) is 1. The van der Waals surface area contributed by atoms with Crippen LogP contribution in [0.4, 0.5) is 18.9 Å². The van der Waals surface area contributed by atoms with E-state index in [9.17, 15) is 31.5 Å². The molecule has 4 aromatic rings. The molecule has 11 heteroatoms. The summed E-state index contributed by atoms with van der Waals surface area (Å²) in [5.74, 6) is -1.17. The van der Waals surface area contributed by atoms with E-state index in [2.05, 4.69) is 5.32 Å². The number of benzene rings is 4. The number of nitriles is 1. The lowest BCUT2D eigenvalue weighted by Crippen LogP contribution is -2.23. The number of carbonyl (C=O) groups is 1. The van der Waals surface area contributed by atoms with Crippen LogP contribution in [0, 0.1) is 11.3 Å². The number of anilines is 1. The Bertz CT molecular complexity index is 1660. The highest BCUT2D eigenvalue weighted by atomic mass is 35.5. The molecular formula is C25H14ClF3N2O4S. The van der Waals surface area contributed by atoms with Crippen LogP contribution < -0.4 is 5.32 Å². The van der Waals surface area contributed by atoms with Gasteiger partial charge in [0, 0.05) is 5.39 Å². The van der Waals surface area contributed by atoms with Gasteiger partial charge in [-0.15, -0.1) is 0 Å². The zero-order chi connectivity index (χ0) is 26.3. The van der Waals surface area contributed by atoms with Gasteiger partial charge in [-0.1, -0.05) is 48.0 Å². The van der Waals surface area contributed by atoms with Gasteiger partial charge in [0.15, 0.2) is 0 Å². The van der Waals surface area contributed by atoms with Crippen LogP contribution in [0.1, 0.15) is 15.9 Å². The fraction of sp³-hybridized carbons (Fsp3) is 0.0400. The van der Waals surface area contributed by atoms with Crippen LogP contribution in [0.5, 0.6) is 5.75 Å². The number of aromatic hydroxyl groups is 1. The number of alkyl halides is 3. The number of fused-ring (bicyclic) bond motifs is 1. The molecule has 6 nitrogen and oxygen atoms in total. The maximum Gasteiger partial charge on any atom is 0.501 e. The summed E-state index contributed by atoms with van der Waals surface area (Å²) in [5, 5.41) is 22.8. The third-order valence-electron chi connectivity index (χ3n) is 5.39. The molecule has 4 rings (SSSR count). The van der Waals surface area contributed by atoms with Crippen molar-refractivity contribution in [1.29, 1.82) is 5.26 Å². The monoisotopic (exact) mass is 530 g/mol. The fourth-order valence-electron chi connectivity index (χ4n) is 3.58. The zero-order valence-corrected chi connectivity index (χ0v) is 19.5. The Morgan fingerprint density at radius 3 is 2.19 bits per heavy atom. The Morgan fingerprint density at radius 2 is 1.61 bits per heavy atom. The maximum atomic E-state index is 13.1. The lowest BCUT2D eigenvalue weighted by Gasteiger charge is -2.15. The molecule has 4 aromatic carbocycles. The van der Waals surface area contributed by atoms with Crippen molar-refractivity contribution in [3.63, 3.8) is 0 Å². The van der Waals surface area contributed by atoms with Gasteiger partial charge in [0.1, 0.15) is 5.75 Å². The van der Waals surface area contributed by atoms with Crippen LogP contribution >= 0.6 is 11.6 Å². The molecule has 0 atom stereocenters. The van der Waals surface area contributed by atoms with Crippen molar-refractivity contribution in [1.82, 2.24) is 0 Å². The van der Waals surface area contributed by atoms with Crippen molar-refractivity contribution in [2.45, 2.75) is 10.4 Å². The minimum atomic E-state index is -5.63. The molecule has 0 saturated heterocycles. The number of rotatable bonds is 4. The van der Waals surface area contributed by atoms with Crippen LogP contribution in [0.15, 0.2) is 77.7 Å². The van der Waals surface area contributed by atoms with E-state index in [4.69, 9.17) is 16.9 Å². The predicted molar refractivity (Wildman–Crippen MR) is 128 cm³/mol. The second-order valence-corrected chi connectivity index (χ2v) is 9.95. The third-order valence-corrected chi connectivity index (χ3v) is 7.19. The minimum absolute atomic E-state index is 0.156. The van der Waals surface area contributed by atoms with Gasteiger partial charge < -0.3 is 10.4 Å². The number of halogens is 4. The Balaban J connectivity index is 1.76. The van der Waals surface area contributed by atoms with Gasteiger partial charge >= 0.3 is 5.51 Å². The average Bonchev–Trinajstić information content (AvgIpc) is 2.85. The average molecular weight is 531 g/mol. The topological polar surface area (TPSA) is 107 Å². The summed E-state index contributed by atoms with van der Waals surface area (Å²) in [7, 11) is -5.63. The Hall–Kier alpha value is -4.07. The molecule has 2 N–H and O–H groups in total. The van der Waals surface area contributed by atoms with E-state index in [0.29, 0.717) is 39.6 Å². The molecule has 1 amide bonds. The third kappa shape index (κ3) is 4.46. The minimum Gasteiger partial charge on any atom is -0.506 e. The van der Waals surface area contributed by atoms with Gasteiger partial charge in [-0.3, -0.25) is 4.79 Å². The first-order valence-electron chi connectivity index (χ1n) is 10.1. The predicted octanol–water partition coefficient (Wildman–Crippen LogP) is 6.28. The number of sulfone groups is 1. The van der Waals surface area contributed by atoms with E-state index in [-0.39, 0.29) is 17.0 Å². The summed E-state index contributed by atoms with van der Waals surface area (Å²) >= 11 is 5.97. The quantitative estimate of drug-likeness (QED) is 0.323. The Labute approximate surface area is 208 Å². The summed E-state index contributed by atoms with van der Waals surface area (Å²) in [6.45, 7) is 0. The Morgan fingerprint density at radius 1 is 0.972 bits per heavy atom. The molecule has 0 saturated carbocycles. The van der Waals surface area contributed by atoms with E-state index in [1.165, 1.54) is 6.07 Å². The van der Waals surface area contributed by atoms with E-state index >= 15 is 0 Å². The van der Waals surface area contributed by atoms with E-state index < -0.39 is 31.2 Å². The standard InChI is InChI=1S/C25H14ClF3N2O4S/c26-21-11-16(36(34,35)25(27,28)29)9-10-22(21)31-24(33)20-12-19(15-7-5-14(13-30)6-8-15)17-3-1-2-4-18(17)23(20)32/h1-12,32H,(H,31,33). The maximum absolute atomic E-state index is 13.1. The number of hydrogen-bond donors (Lipinski definition) is 2. The number of amides is 1. The summed E-state index contributed by atoms with van der Waals surface area (Å²) in [5.41, 5.74) is -4.15. The SMILES string of the molecule is N#Cc1ccc(-c2cc(C(=O)Nc3ccc(S(=O)(=O)C(F)(F)F)cc3Cl)c(O)c3ccccc23)cc1. The number of phenolic OH excluding ortho intramolecular Hbond substituents is 1. The second kappa shape index (κ2) is 9.18. The highest BCUT2D eigenvalue weighted by Gasteiger charge is 2.47. The van der Waals surface area contributed by atoms with Crippen molar-refractivity contribution < 1.29 is 31.5 Å². The highest BCUT2D eigenvalue weighted by molar-refractivity contribution is 7.92. The number of hydrogen-bond acceptors (Lipinski definition) is 5. The van der Waals surface area contributed by atoms with Crippen molar-refractivity contribution in [3.05, 3.63) is 88.9 Å². The molecule has 0 fully saturated rings. The second-order valence-electron chi connectivity index (χ2n) is 7.60. The van der Waals surface area contributed by atoms with Gasteiger partial charge in [0.25, 0.3) is 15.7 Å². The largest absolute Gasteiger partial charge is 0.506 e. The van der Waals surface area contributed by atoms with Crippen molar-refractivity contribution in [2.24, 2.45) is 0 Å². The van der Waals surface area contributed by atoms with E-state index in [1.54, 1.807) is 48.5 Å². The highest BCUT2D eigenvalue weighted by Crippen LogP contribution is 2.38. The van der Waals surface area contributed by atoms with Crippen LogP contribution in [0.2, 0.25) is 5.02 Å². The fourth-order valence-corrected chi connectivity index (χ4v) is 4.66. The number of carbonyl (C=O) groups excluding carboxylic acids is 1. The molecule has 0 radical (unpaired) electrons. The van der Waals surface area contributed by atoms with Gasteiger partial charge in [-0.05, 0) is 52.9 Å². The summed E-state index contributed by atoms with van der Waals surface area (Å²) < 4.78 is 61.7. The lowest BCUT2D eigenvalue weighted by atomic mass is 9.94. The normalized spacial score (nSPS) is 11.8. The Kier molecular flexibility index (Phi) is 6.39. The zero-order valence-electron chi connectivity index (χ0n) is 18.0. The molecular weight excluding hydrogens is 517 g/mol. The number of nitrogens with one attached hydrogen (secondary N) is 1. The van der Waals surface area contributed by atoms with Crippen LogP contribution in [0.3, 0.4) is 0 Å². The van der Waals surface area contributed by atoms with Crippen LogP contribution in [-0.2, 0) is 9.84 Å². The van der Waals surface area contributed by atoms with E-state index in [1.807, 2.05) is 6.07 Å². The van der Waals surface area contributed by atoms with Crippen molar-refractivity contribution >= 4 is 43.8 Å². The number of phenols is 1. The first kappa shape index (κ1) is 25.0. The van der Waals surface area contributed by atoms with Gasteiger partial charge in [0.05, 0.1) is 32.8 Å². The molecule has 0 heterocycles. The van der Waals surface area contributed by atoms with Gasteiger partial charge in [-0.2, -0.15) is 18.4 Å². The molecule has 0 unspecified atom stereocenters. The van der Waals surface area contributed by atoms with Gasteiger partial charge in [0.2, 0.25) is 0 Å². The van der Waals surface area contributed by atoms with E-state index in [0.717, 1.165) is 6.07 Å². The molecule has 182 valence electrons. The summed E-state index contributed by atoms with van der Waals surface area (Å²) in [6.07, 6.45) is 0. The molecule has 0 aliphatic carbocycles. The van der Waals surface area contributed by atoms with Crippen molar-refractivity contribution in [2.75, 3.05) is 5.32 Å². The molecule has 0 bridgehead atoms. The molecule has 36 heavy (non-hydrogen) atoms. The first-order valence-corrected chi connectivity index (χ1v) is 12.0. The molecule has 0 spiro atoms. The molecule has 0 aliphatic heterocycles. The van der Waals surface area contributed by atoms with Crippen molar-refractivity contribution in [3.8, 4) is 22.9 Å². The van der Waals surface area contributed by atoms with Gasteiger partial charge in [-0.25, -0.2) is 8.42 Å². The smallest absolute Gasteiger partial charge is 0.501 e. The summed E-state index contributed by atoms with van der Waals surface area (Å²) in [6, 6.07) is 19.0. The molecule has 0 aromatic heterocycles.